The van der Waals surface area contributed by atoms with Gasteiger partial charge >= 0.3 is 0 Å². The van der Waals surface area contributed by atoms with Crippen LogP contribution in [0.15, 0.2) is 41.8 Å². The van der Waals surface area contributed by atoms with Crippen LogP contribution >= 0.6 is 11.3 Å². The molecule has 4 rings (SSSR count). The Labute approximate surface area is 188 Å². The van der Waals surface area contributed by atoms with Gasteiger partial charge in [-0.3, -0.25) is 9.59 Å². The summed E-state index contributed by atoms with van der Waals surface area (Å²) in [4.78, 5) is 29.7. The summed E-state index contributed by atoms with van der Waals surface area (Å²) in [6.07, 6.45) is 4.72. The van der Waals surface area contributed by atoms with E-state index in [-0.39, 0.29) is 17.9 Å². The Bertz CT molecular complexity index is 892. The van der Waals surface area contributed by atoms with Gasteiger partial charge in [0.15, 0.2) is 0 Å². The molecule has 0 bridgehead atoms. The second-order valence-corrected chi connectivity index (χ2v) is 9.62. The number of piperidine rings is 1. The molecule has 0 radical (unpaired) electrons. The molecule has 2 aliphatic rings. The molecule has 2 aliphatic heterocycles. The third-order valence-electron chi connectivity index (χ3n) is 6.50. The van der Waals surface area contributed by atoms with Crippen LogP contribution in [-0.2, 0) is 20.7 Å². The first-order valence-electron chi connectivity index (χ1n) is 11.4. The zero-order chi connectivity index (χ0) is 21.7. The van der Waals surface area contributed by atoms with Crippen molar-refractivity contribution < 1.29 is 14.3 Å². The van der Waals surface area contributed by atoms with Gasteiger partial charge in [-0.2, -0.15) is 0 Å². The van der Waals surface area contributed by atoms with E-state index in [9.17, 15) is 9.59 Å². The van der Waals surface area contributed by atoms with Crippen LogP contribution in [0.5, 0.6) is 0 Å². The maximum absolute atomic E-state index is 13.4. The number of likely N-dealkylation sites (tertiary alicyclic amines) is 1. The molecule has 0 aliphatic carbocycles. The monoisotopic (exact) mass is 440 g/mol. The van der Waals surface area contributed by atoms with Crippen molar-refractivity contribution in [3.05, 3.63) is 47.3 Å². The zero-order valence-electron chi connectivity index (χ0n) is 18.3. The Morgan fingerprint density at radius 3 is 2.81 bits per heavy atom. The van der Waals surface area contributed by atoms with Crippen molar-refractivity contribution in [2.75, 3.05) is 26.2 Å². The molecule has 3 heterocycles. The van der Waals surface area contributed by atoms with Crippen LogP contribution in [0.2, 0.25) is 0 Å². The number of carbonyl (C=O) groups excluding carboxylic acids is 2. The van der Waals surface area contributed by atoms with Crippen LogP contribution in [0.25, 0.3) is 10.4 Å². The zero-order valence-corrected chi connectivity index (χ0v) is 19.1. The second-order valence-electron chi connectivity index (χ2n) is 8.67. The summed E-state index contributed by atoms with van der Waals surface area (Å²) in [5.41, 5.74) is 1.73. The van der Waals surface area contributed by atoms with E-state index in [0.717, 1.165) is 32.1 Å². The van der Waals surface area contributed by atoms with Crippen molar-refractivity contribution in [2.24, 2.45) is 5.41 Å². The number of nitrogens with zero attached hydrogens (tertiary/aromatic N) is 1. The highest BCUT2D eigenvalue weighted by Crippen LogP contribution is 2.38. The van der Waals surface area contributed by atoms with E-state index in [2.05, 4.69) is 41.0 Å². The van der Waals surface area contributed by atoms with Crippen LogP contribution in [0.3, 0.4) is 0 Å². The molecule has 0 saturated carbocycles. The number of carbonyl (C=O) groups is 2. The molecular weight excluding hydrogens is 408 g/mol. The third kappa shape index (κ3) is 4.85. The number of benzene rings is 1. The average Bonchev–Trinajstić information content (AvgIpc) is 3.35. The van der Waals surface area contributed by atoms with E-state index in [1.165, 1.54) is 16.0 Å². The van der Waals surface area contributed by atoms with Crippen LogP contribution < -0.4 is 5.32 Å². The normalized spacial score (nSPS) is 24.0. The Hall–Kier alpha value is -2.18. The minimum absolute atomic E-state index is 0.0537. The number of hydrogen-bond acceptors (Lipinski definition) is 4. The van der Waals surface area contributed by atoms with Crippen molar-refractivity contribution in [2.45, 2.75) is 51.6 Å². The van der Waals surface area contributed by atoms with Crippen LogP contribution in [-0.4, -0.2) is 49.1 Å². The standard InChI is InChI=1S/C25H32N2O3S/c1-2-26-24(29)25(17-19-9-3-4-10-20(19)22-12-7-16-31-22)13-8-14-27(18-25)23(28)21-11-5-6-15-30-21/h3-4,7,9-10,12,16,21H,2,5-6,8,11,13-15,17-18H2,1H3,(H,26,29)/t21-,25+/m0/s1. The lowest BCUT2D eigenvalue weighted by molar-refractivity contribution is -0.152. The smallest absolute Gasteiger partial charge is 0.251 e. The molecule has 0 spiro atoms. The first-order valence-corrected chi connectivity index (χ1v) is 12.3. The third-order valence-corrected chi connectivity index (χ3v) is 7.40. The van der Waals surface area contributed by atoms with Gasteiger partial charge in [0.1, 0.15) is 6.10 Å². The van der Waals surface area contributed by atoms with Gasteiger partial charge in [-0.1, -0.05) is 30.3 Å². The molecule has 6 heteroatoms. The fraction of sp³-hybridized carbons (Fsp3) is 0.520. The molecular formula is C25H32N2O3S. The summed E-state index contributed by atoms with van der Waals surface area (Å²) in [5.74, 6) is 0.109. The lowest BCUT2D eigenvalue weighted by Crippen LogP contribution is -2.56. The Balaban J connectivity index is 1.62. The van der Waals surface area contributed by atoms with Crippen molar-refractivity contribution >= 4 is 23.2 Å². The molecule has 2 aromatic rings. The molecule has 2 fully saturated rings. The molecule has 166 valence electrons. The van der Waals surface area contributed by atoms with Gasteiger partial charge in [0, 0.05) is 31.1 Å². The maximum atomic E-state index is 13.4. The highest BCUT2D eigenvalue weighted by Gasteiger charge is 2.44. The van der Waals surface area contributed by atoms with Crippen molar-refractivity contribution in [1.82, 2.24) is 10.2 Å². The number of rotatable bonds is 6. The van der Waals surface area contributed by atoms with Gasteiger partial charge in [0.25, 0.3) is 5.91 Å². The van der Waals surface area contributed by atoms with Gasteiger partial charge < -0.3 is 15.0 Å². The van der Waals surface area contributed by atoms with Gasteiger partial charge in [0.2, 0.25) is 5.91 Å². The van der Waals surface area contributed by atoms with Crippen molar-refractivity contribution in [1.29, 1.82) is 0 Å². The Morgan fingerprint density at radius 2 is 2.06 bits per heavy atom. The summed E-state index contributed by atoms with van der Waals surface area (Å²) < 4.78 is 5.77. The van der Waals surface area contributed by atoms with Crippen LogP contribution in [0, 0.1) is 5.41 Å². The van der Waals surface area contributed by atoms with Crippen LogP contribution in [0.4, 0.5) is 0 Å². The number of hydrogen-bond donors (Lipinski definition) is 1. The molecule has 1 N–H and O–H groups in total. The largest absolute Gasteiger partial charge is 0.368 e. The number of amides is 2. The number of ether oxygens (including phenoxy) is 1. The number of nitrogens with one attached hydrogen (secondary N) is 1. The lowest BCUT2D eigenvalue weighted by Gasteiger charge is -2.43. The van der Waals surface area contributed by atoms with E-state index >= 15 is 0 Å². The van der Waals surface area contributed by atoms with Gasteiger partial charge in [-0.15, -0.1) is 11.3 Å². The SMILES string of the molecule is CCNC(=O)[C@@]1(Cc2ccccc2-c2cccs2)CCCN(C(=O)[C@@H]2CCCCO2)C1. The first-order chi connectivity index (χ1) is 15.1. The predicted molar refractivity (Wildman–Crippen MR) is 124 cm³/mol. The highest BCUT2D eigenvalue weighted by molar-refractivity contribution is 7.13. The summed E-state index contributed by atoms with van der Waals surface area (Å²) in [5, 5.41) is 5.14. The molecule has 1 aromatic carbocycles. The van der Waals surface area contributed by atoms with E-state index in [0.29, 0.717) is 32.7 Å². The van der Waals surface area contributed by atoms with Gasteiger partial charge in [-0.25, -0.2) is 0 Å². The molecule has 1 aromatic heterocycles. The van der Waals surface area contributed by atoms with E-state index in [1.807, 2.05) is 17.9 Å². The van der Waals surface area contributed by atoms with Crippen molar-refractivity contribution in [3.8, 4) is 10.4 Å². The lowest BCUT2D eigenvalue weighted by atomic mass is 9.73. The molecule has 0 unspecified atom stereocenters. The fourth-order valence-electron chi connectivity index (χ4n) is 4.93. The van der Waals surface area contributed by atoms with Gasteiger partial charge in [-0.05, 0) is 68.0 Å². The summed E-state index contributed by atoms with van der Waals surface area (Å²) >= 11 is 1.71. The minimum Gasteiger partial charge on any atom is -0.368 e. The first kappa shape index (κ1) is 22.0. The topological polar surface area (TPSA) is 58.6 Å². The van der Waals surface area contributed by atoms with E-state index in [4.69, 9.17) is 4.74 Å². The van der Waals surface area contributed by atoms with E-state index in [1.54, 1.807) is 11.3 Å². The van der Waals surface area contributed by atoms with Crippen molar-refractivity contribution in [3.63, 3.8) is 0 Å². The average molecular weight is 441 g/mol. The summed E-state index contributed by atoms with van der Waals surface area (Å²) in [6, 6.07) is 12.5. The number of thiophene rings is 1. The minimum atomic E-state index is -0.619. The molecule has 2 atom stereocenters. The molecule has 2 saturated heterocycles. The molecule has 5 nitrogen and oxygen atoms in total. The maximum Gasteiger partial charge on any atom is 0.251 e. The fourth-order valence-corrected chi connectivity index (χ4v) is 5.72. The van der Waals surface area contributed by atoms with E-state index < -0.39 is 5.41 Å². The summed E-state index contributed by atoms with van der Waals surface area (Å²) in [6.45, 7) is 4.35. The highest BCUT2D eigenvalue weighted by atomic mass is 32.1. The molecule has 31 heavy (non-hydrogen) atoms. The predicted octanol–water partition coefficient (Wildman–Crippen LogP) is 4.27. The Kier molecular flexibility index (Phi) is 7.08. The Morgan fingerprint density at radius 1 is 1.19 bits per heavy atom. The summed E-state index contributed by atoms with van der Waals surface area (Å²) in [7, 11) is 0. The second kappa shape index (κ2) is 9.96. The molecule has 2 amide bonds. The van der Waals surface area contributed by atoms with Gasteiger partial charge in [0.05, 0.1) is 5.41 Å². The quantitative estimate of drug-likeness (QED) is 0.730. The van der Waals surface area contributed by atoms with Crippen LogP contribution in [0.1, 0.15) is 44.6 Å².